The first kappa shape index (κ1) is 12.8. The van der Waals surface area contributed by atoms with Crippen molar-refractivity contribution in [1.29, 1.82) is 0 Å². The summed E-state index contributed by atoms with van der Waals surface area (Å²) in [6.45, 7) is 4.35. The fourth-order valence-electron chi connectivity index (χ4n) is 1.92. The number of carbonyl (C=O) groups excluding carboxylic acids is 1. The average molecular weight is 220 g/mol. The molecule has 2 nitrogen and oxygen atoms in total. The lowest BCUT2D eigenvalue weighted by Crippen LogP contribution is -2.10. The Morgan fingerprint density at radius 3 is 2.38 bits per heavy atom. The number of methoxy groups -OCH3 is 1. The van der Waals surface area contributed by atoms with Gasteiger partial charge in [-0.2, -0.15) is 0 Å². The first-order valence-electron chi connectivity index (χ1n) is 5.75. The Morgan fingerprint density at radius 1 is 1.25 bits per heavy atom. The van der Waals surface area contributed by atoms with Crippen LogP contribution in [0.1, 0.15) is 38.2 Å². The molecule has 0 aliphatic heterocycles. The summed E-state index contributed by atoms with van der Waals surface area (Å²) in [6.07, 6.45) is 1.48. The number of carbonyl (C=O) groups is 1. The molecule has 1 atom stereocenters. The Morgan fingerprint density at radius 2 is 1.88 bits per heavy atom. The van der Waals surface area contributed by atoms with Gasteiger partial charge in [-0.25, -0.2) is 0 Å². The molecule has 0 aromatic heterocycles. The molecule has 0 saturated carbocycles. The maximum Gasteiger partial charge on any atom is 0.306 e. The Bertz CT molecular complexity index is 317. The minimum atomic E-state index is -0.130. The van der Waals surface area contributed by atoms with E-state index in [0.29, 0.717) is 12.3 Å². The van der Waals surface area contributed by atoms with Gasteiger partial charge in [0.1, 0.15) is 0 Å². The molecular weight excluding hydrogens is 200 g/mol. The summed E-state index contributed by atoms with van der Waals surface area (Å²) in [5.41, 5.74) is 1.22. The molecule has 0 bridgehead atoms. The van der Waals surface area contributed by atoms with E-state index in [1.807, 2.05) is 18.2 Å². The summed E-state index contributed by atoms with van der Waals surface area (Å²) >= 11 is 0. The molecule has 0 radical (unpaired) electrons. The van der Waals surface area contributed by atoms with Gasteiger partial charge >= 0.3 is 5.97 Å². The van der Waals surface area contributed by atoms with E-state index in [1.54, 1.807) is 0 Å². The zero-order chi connectivity index (χ0) is 12.0. The minimum absolute atomic E-state index is 0.130. The van der Waals surface area contributed by atoms with E-state index in [1.165, 1.54) is 12.7 Å². The van der Waals surface area contributed by atoms with Gasteiger partial charge in [-0.15, -0.1) is 0 Å². The normalized spacial score (nSPS) is 12.5. The number of hydrogen-bond donors (Lipinski definition) is 0. The predicted molar refractivity (Wildman–Crippen MR) is 65.3 cm³/mol. The van der Waals surface area contributed by atoms with Crippen molar-refractivity contribution in [2.75, 3.05) is 7.11 Å². The number of ether oxygens (including phenoxy) is 1. The van der Waals surface area contributed by atoms with E-state index in [9.17, 15) is 4.79 Å². The van der Waals surface area contributed by atoms with Crippen molar-refractivity contribution in [3.8, 4) is 0 Å². The summed E-state index contributed by atoms with van der Waals surface area (Å²) in [5.74, 6) is 0.720. The van der Waals surface area contributed by atoms with Crippen LogP contribution in [0.2, 0.25) is 0 Å². The van der Waals surface area contributed by atoms with E-state index in [0.717, 1.165) is 6.42 Å². The van der Waals surface area contributed by atoms with E-state index >= 15 is 0 Å². The fourth-order valence-corrected chi connectivity index (χ4v) is 1.92. The highest BCUT2D eigenvalue weighted by Crippen LogP contribution is 2.27. The zero-order valence-electron chi connectivity index (χ0n) is 10.3. The number of rotatable bonds is 5. The average Bonchev–Trinajstić information content (AvgIpc) is 2.28. The van der Waals surface area contributed by atoms with Crippen LogP contribution in [-0.2, 0) is 9.53 Å². The van der Waals surface area contributed by atoms with Gasteiger partial charge in [-0.1, -0.05) is 44.2 Å². The Balaban J connectivity index is 2.75. The van der Waals surface area contributed by atoms with Crippen LogP contribution >= 0.6 is 0 Å². The molecule has 1 aromatic rings. The van der Waals surface area contributed by atoms with Crippen LogP contribution in [0.4, 0.5) is 0 Å². The second kappa shape index (κ2) is 6.31. The lowest BCUT2D eigenvalue weighted by atomic mass is 9.88. The van der Waals surface area contributed by atoms with Gasteiger partial charge in [0.15, 0.2) is 0 Å². The summed E-state index contributed by atoms with van der Waals surface area (Å²) in [7, 11) is 1.44. The van der Waals surface area contributed by atoms with Crippen LogP contribution in [0, 0.1) is 5.92 Å². The highest BCUT2D eigenvalue weighted by Gasteiger charge is 2.17. The predicted octanol–water partition coefficient (Wildman–Crippen LogP) is 3.38. The Labute approximate surface area is 97.6 Å². The molecule has 1 aromatic carbocycles. The minimum Gasteiger partial charge on any atom is -0.469 e. The standard InChI is InChI=1S/C14H20O2/c1-11(2)9-13(10-14(15)16-3)12-7-5-4-6-8-12/h4-8,11,13H,9-10H2,1-3H3. The van der Waals surface area contributed by atoms with E-state index in [2.05, 4.69) is 26.0 Å². The largest absolute Gasteiger partial charge is 0.469 e. The van der Waals surface area contributed by atoms with Gasteiger partial charge in [0.05, 0.1) is 13.5 Å². The Kier molecular flexibility index (Phi) is 5.03. The van der Waals surface area contributed by atoms with E-state index in [4.69, 9.17) is 4.74 Å². The van der Waals surface area contributed by atoms with Gasteiger partial charge in [-0.05, 0) is 23.8 Å². The number of esters is 1. The fraction of sp³-hybridized carbons (Fsp3) is 0.500. The van der Waals surface area contributed by atoms with Gasteiger partial charge in [0.2, 0.25) is 0 Å². The third kappa shape index (κ3) is 4.05. The molecule has 16 heavy (non-hydrogen) atoms. The van der Waals surface area contributed by atoms with Gasteiger partial charge in [0.25, 0.3) is 0 Å². The molecule has 88 valence electrons. The summed E-state index contributed by atoms with van der Waals surface area (Å²) in [5, 5.41) is 0. The molecule has 0 amide bonds. The summed E-state index contributed by atoms with van der Waals surface area (Å²) < 4.78 is 4.74. The molecule has 0 N–H and O–H groups in total. The molecule has 0 spiro atoms. The second-order valence-electron chi connectivity index (χ2n) is 4.52. The molecule has 1 rings (SSSR count). The maximum absolute atomic E-state index is 11.4. The Hall–Kier alpha value is -1.31. The highest BCUT2D eigenvalue weighted by atomic mass is 16.5. The number of hydrogen-bond acceptors (Lipinski definition) is 2. The maximum atomic E-state index is 11.4. The lowest BCUT2D eigenvalue weighted by Gasteiger charge is -2.18. The smallest absolute Gasteiger partial charge is 0.306 e. The van der Waals surface area contributed by atoms with Gasteiger partial charge in [-0.3, -0.25) is 4.79 Å². The summed E-state index contributed by atoms with van der Waals surface area (Å²) in [6, 6.07) is 10.2. The van der Waals surface area contributed by atoms with E-state index in [-0.39, 0.29) is 11.9 Å². The van der Waals surface area contributed by atoms with Crippen molar-refractivity contribution >= 4 is 5.97 Å². The molecule has 0 aliphatic carbocycles. The third-order valence-corrected chi connectivity index (χ3v) is 2.67. The van der Waals surface area contributed by atoms with Crippen molar-refractivity contribution < 1.29 is 9.53 Å². The highest BCUT2D eigenvalue weighted by molar-refractivity contribution is 5.70. The van der Waals surface area contributed by atoms with Crippen LogP contribution in [0.3, 0.4) is 0 Å². The molecule has 0 fully saturated rings. The molecule has 0 saturated heterocycles. The second-order valence-corrected chi connectivity index (χ2v) is 4.52. The third-order valence-electron chi connectivity index (χ3n) is 2.67. The van der Waals surface area contributed by atoms with Gasteiger partial charge in [0, 0.05) is 0 Å². The van der Waals surface area contributed by atoms with Crippen LogP contribution in [0.5, 0.6) is 0 Å². The summed E-state index contributed by atoms with van der Waals surface area (Å²) in [4.78, 5) is 11.4. The van der Waals surface area contributed by atoms with Crippen LogP contribution in [0.15, 0.2) is 30.3 Å². The molecular formula is C14H20O2. The lowest BCUT2D eigenvalue weighted by molar-refractivity contribution is -0.141. The molecule has 0 aliphatic rings. The van der Waals surface area contributed by atoms with Crippen molar-refractivity contribution in [2.24, 2.45) is 5.92 Å². The van der Waals surface area contributed by atoms with Crippen LogP contribution < -0.4 is 0 Å². The quantitative estimate of drug-likeness (QED) is 0.711. The van der Waals surface area contributed by atoms with Crippen molar-refractivity contribution in [1.82, 2.24) is 0 Å². The SMILES string of the molecule is COC(=O)CC(CC(C)C)c1ccccc1. The van der Waals surface area contributed by atoms with Crippen LogP contribution in [0.25, 0.3) is 0 Å². The van der Waals surface area contributed by atoms with Gasteiger partial charge < -0.3 is 4.74 Å². The van der Waals surface area contributed by atoms with Crippen molar-refractivity contribution in [3.63, 3.8) is 0 Å². The first-order valence-corrected chi connectivity index (χ1v) is 5.75. The molecule has 2 heteroatoms. The first-order chi connectivity index (χ1) is 7.63. The zero-order valence-corrected chi connectivity index (χ0v) is 10.3. The molecule has 0 heterocycles. The van der Waals surface area contributed by atoms with Crippen molar-refractivity contribution in [3.05, 3.63) is 35.9 Å². The van der Waals surface area contributed by atoms with Crippen molar-refractivity contribution in [2.45, 2.75) is 32.6 Å². The monoisotopic (exact) mass is 220 g/mol. The van der Waals surface area contributed by atoms with E-state index < -0.39 is 0 Å². The number of benzene rings is 1. The van der Waals surface area contributed by atoms with Crippen LogP contribution in [-0.4, -0.2) is 13.1 Å². The molecule has 1 unspecified atom stereocenters. The topological polar surface area (TPSA) is 26.3 Å².